The monoisotopic (exact) mass is 433 g/mol. The van der Waals surface area contributed by atoms with Crippen molar-refractivity contribution >= 4 is 11.9 Å². The van der Waals surface area contributed by atoms with Gasteiger partial charge in [0.1, 0.15) is 24.2 Å². The molecule has 2 rings (SSSR count). The summed E-state index contributed by atoms with van der Waals surface area (Å²) in [4.78, 5) is 25.2. The Labute approximate surface area is 189 Å². The second-order valence-corrected chi connectivity index (χ2v) is 7.11. The maximum absolute atomic E-state index is 12.4. The number of carbonyl (C=O) groups is 2. The Kier molecular flexibility index (Phi) is 7.59. The molecule has 7 heteroatoms. The van der Waals surface area contributed by atoms with E-state index in [4.69, 9.17) is 24.8 Å². The van der Waals surface area contributed by atoms with Crippen LogP contribution in [0, 0.1) is 0 Å². The number of benzene rings is 2. The molecular weight excluding hydrogens is 398 g/mol. The van der Waals surface area contributed by atoms with Gasteiger partial charge in [-0.2, -0.15) is 0 Å². The first-order valence-electron chi connectivity index (χ1n) is 11.8. The highest BCUT2D eigenvalue weighted by molar-refractivity contribution is 5.76. The van der Waals surface area contributed by atoms with Gasteiger partial charge in [-0.3, -0.25) is 9.59 Å². The van der Waals surface area contributed by atoms with Crippen LogP contribution in [0.3, 0.4) is 0 Å². The van der Waals surface area contributed by atoms with Crippen LogP contribution in [0.15, 0.2) is 48.5 Å². The number of carboxylic acid groups (broad SMARTS) is 1. The van der Waals surface area contributed by atoms with E-state index in [1.165, 1.54) is 0 Å². The third-order valence-electron chi connectivity index (χ3n) is 4.33. The summed E-state index contributed by atoms with van der Waals surface area (Å²) in [6.07, 6.45) is -6.41. The van der Waals surface area contributed by atoms with Gasteiger partial charge in [0.05, 0.1) is 19.9 Å². The van der Waals surface area contributed by atoms with Gasteiger partial charge in [0.15, 0.2) is 0 Å². The molecule has 7 nitrogen and oxygen atoms in total. The number of para-hydroxylation sites is 1. The van der Waals surface area contributed by atoms with Crippen molar-refractivity contribution in [2.45, 2.75) is 31.7 Å². The summed E-state index contributed by atoms with van der Waals surface area (Å²) in [7, 11) is 5.04. The molecule has 0 saturated heterocycles. The Bertz CT molecular complexity index is 1020. The lowest BCUT2D eigenvalue weighted by molar-refractivity contribution is -0.153. The van der Waals surface area contributed by atoms with Gasteiger partial charge in [-0.25, -0.2) is 0 Å². The van der Waals surface area contributed by atoms with Crippen LogP contribution in [0.25, 0.3) is 0 Å². The second kappa shape index (κ2) is 12.6. The van der Waals surface area contributed by atoms with E-state index in [2.05, 4.69) is 0 Å². The van der Waals surface area contributed by atoms with Gasteiger partial charge in [0, 0.05) is 12.0 Å². The Morgan fingerprint density at radius 2 is 1.87 bits per heavy atom. The zero-order valence-electron chi connectivity index (χ0n) is 22.0. The molecule has 0 aliphatic rings. The summed E-state index contributed by atoms with van der Waals surface area (Å²) in [5.41, 5.74) is 2.01. The lowest BCUT2D eigenvalue weighted by atomic mass is 10.0. The van der Waals surface area contributed by atoms with Crippen LogP contribution in [-0.4, -0.2) is 62.4 Å². The molecule has 0 aliphatic heterocycles. The third kappa shape index (κ3) is 9.09. The van der Waals surface area contributed by atoms with Crippen molar-refractivity contribution < 1.29 is 34.4 Å². The van der Waals surface area contributed by atoms with Gasteiger partial charge in [-0.15, -0.1) is 0 Å². The molecule has 0 saturated carbocycles. The number of likely N-dealkylation sites (N-methyl/N-ethyl adjacent to an activating group) is 1. The molecular formula is C24H31NO6. The summed E-state index contributed by atoms with van der Waals surface area (Å²) < 4.78 is 46.7. The molecule has 0 aliphatic carbocycles. The zero-order chi connectivity index (χ0) is 26.2. The standard InChI is InChI=1S/C24H31NO6/c1-25(2)16-21(31-24(28)14-13-23(26)27)17-30-22-10-5-4-8-19(22)12-11-18-7-6-9-20(15-18)29-3/h4-10,15,21H,11-14,16-17H2,1-3H3,(H,26,27)/i13D2,14D2. The van der Waals surface area contributed by atoms with Crippen molar-refractivity contribution in [3.63, 3.8) is 0 Å². The number of carboxylic acids is 1. The van der Waals surface area contributed by atoms with Gasteiger partial charge >= 0.3 is 11.9 Å². The molecule has 168 valence electrons. The van der Waals surface area contributed by atoms with Crippen molar-refractivity contribution in [1.29, 1.82) is 0 Å². The number of methoxy groups -OCH3 is 1. The normalized spacial score (nSPS) is 14.6. The maximum atomic E-state index is 12.4. The van der Waals surface area contributed by atoms with Gasteiger partial charge in [-0.05, 0) is 56.3 Å². The molecule has 0 radical (unpaired) electrons. The molecule has 2 aromatic rings. The van der Waals surface area contributed by atoms with Gasteiger partial charge in [0.25, 0.3) is 0 Å². The first kappa shape index (κ1) is 18.7. The van der Waals surface area contributed by atoms with Crippen LogP contribution in [0.5, 0.6) is 11.5 Å². The third-order valence-corrected chi connectivity index (χ3v) is 4.33. The van der Waals surface area contributed by atoms with Crippen molar-refractivity contribution in [2.24, 2.45) is 0 Å². The van der Waals surface area contributed by atoms with E-state index < -0.39 is 30.8 Å². The number of aliphatic carboxylic acids is 1. The topological polar surface area (TPSA) is 85.3 Å². The fourth-order valence-electron chi connectivity index (χ4n) is 2.96. The number of nitrogens with zero attached hydrogens (tertiary/aromatic N) is 1. The van der Waals surface area contributed by atoms with E-state index >= 15 is 0 Å². The van der Waals surface area contributed by atoms with Crippen LogP contribution in [0.2, 0.25) is 0 Å². The minimum absolute atomic E-state index is 0.133. The van der Waals surface area contributed by atoms with Gasteiger partial charge < -0.3 is 24.2 Å². The predicted molar refractivity (Wildman–Crippen MR) is 118 cm³/mol. The number of hydrogen-bond acceptors (Lipinski definition) is 6. The highest BCUT2D eigenvalue weighted by Crippen LogP contribution is 2.22. The smallest absolute Gasteiger partial charge is 0.306 e. The van der Waals surface area contributed by atoms with Crippen molar-refractivity contribution in [1.82, 2.24) is 4.90 Å². The number of esters is 1. The molecule has 0 amide bonds. The SMILES string of the molecule is [2H]C([2H])(C(=O)O)C([2H])([2H])C(=O)OC(COc1ccccc1CCc1cccc(OC)c1)CN(C)C. The van der Waals surface area contributed by atoms with E-state index in [0.29, 0.717) is 12.2 Å². The second-order valence-electron chi connectivity index (χ2n) is 7.11. The quantitative estimate of drug-likeness (QED) is 0.486. The Hall–Kier alpha value is -3.06. The van der Waals surface area contributed by atoms with E-state index in [1.807, 2.05) is 36.4 Å². The summed E-state index contributed by atoms with van der Waals surface area (Å²) in [5.74, 6) is -2.36. The fourth-order valence-corrected chi connectivity index (χ4v) is 2.96. The largest absolute Gasteiger partial charge is 0.497 e. The summed E-state index contributed by atoms with van der Waals surface area (Å²) in [5, 5.41) is 8.99. The molecule has 1 N–H and O–H groups in total. The van der Waals surface area contributed by atoms with Crippen molar-refractivity contribution in [2.75, 3.05) is 34.4 Å². The molecule has 1 unspecified atom stereocenters. The zero-order valence-corrected chi connectivity index (χ0v) is 18.0. The van der Waals surface area contributed by atoms with Crippen molar-refractivity contribution in [3.8, 4) is 11.5 Å². The molecule has 0 fully saturated rings. The van der Waals surface area contributed by atoms with Crippen molar-refractivity contribution in [3.05, 3.63) is 59.7 Å². The van der Waals surface area contributed by atoms with Gasteiger partial charge in [-0.1, -0.05) is 30.3 Å². The molecule has 0 spiro atoms. The molecule has 0 aromatic heterocycles. The molecule has 0 bridgehead atoms. The average Bonchev–Trinajstić information content (AvgIpc) is 2.81. The minimum Gasteiger partial charge on any atom is -0.497 e. The number of aryl methyl sites for hydroxylation is 2. The number of ether oxygens (including phenoxy) is 3. The lowest BCUT2D eigenvalue weighted by Gasteiger charge is -2.22. The number of carbonyl (C=O) groups excluding carboxylic acids is 1. The molecule has 2 aromatic carbocycles. The Balaban J connectivity index is 2.10. The lowest BCUT2D eigenvalue weighted by Crippen LogP contribution is -2.35. The Morgan fingerprint density at radius 1 is 1.10 bits per heavy atom. The van der Waals surface area contributed by atoms with E-state index in [1.54, 1.807) is 38.2 Å². The fraction of sp³-hybridized carbons (Fsp3) is 0.417. The Morgan fingerprint density at radius 3 is 2.58 bits per heavy atom. The van der Waals surface area contributed by atoms with E-state index in [-0.39, 0.29) is 13.2 Å². The highest BCUT2D eigenvalue weighted by Gasteiger charge is 2.18. The highest BCUT2D eigenvalue weighted by atomic mass is 16.6. The van der Waals surface area contributed by atoms with E-state index in [0.717, 1.165) is 23.3 Å². The van der Waals surface area contributed by atoms with Crippen LogP contribution < -0.4 is 9.47 Å². The summed E-state index contributed by atoms with van der Waals surface area (Å²) >= 11 is 0. The predicted octanol–water partition coefficient (Wildman–Crippen LogP) is 3.20. The summed E-state index contributed by atoms with van der Waals surface area (Å²) in [6.45, 7) is 0.0239. The van der Waals surface area contributed by atoms with Crippen LogP contribution >= 0.6 is 0 Å². The van der Waals surface area contributed by atoms with Crippen LogP contribution in [0.4, 0.5) is 0 Å². The maximum Gasteiger partial charge on any atom is 0.306 e. The molecule has 31 heavy (non-hydrogen) atoms. The van der Waals surface area contributed by atoms with E-state index in [9.17, 15) is 9.59 Å². The first-order chi connectivity index (χ1) is 16.4. The van der Waals surface area contributed by atoms with Gasteiger partial charge in [0.2, 0.25) is 0 Å². The molecule has 0 heterocycles. The average molecular weight is 434 g/mol. The van der Waals surface area contributed by atoms with Crippen LogP contribution in [0.1, 0.15) is 29.4 Å². The number of rotatable bonds is 13. The minimum atomic E-state index is -3.46. The van der Waals surface area contributed by atoms with Crippen LogP contribution in [-0.2, 0) is 27.2 Å². The molecule has 1 atom stereocenters. The summed E-state index contributed by atoms with van der Waals surface area (Å²) in [6, 6.07) is 15.1. The number of hydrogen-bond donors (Lipinski definition) is 1. The first-order valence-corrected chi connectivity index (χ1v) is 9.81.